The molecule has 2 heterocycles. The highest BCUT2D eigenvalue weighted by Crippen LogP contribution is 2.23. The van der Waals surface area contributed by atoms with Crippen LogP contribution < -0.4 is 21.5 Å². The zero-order valence-electron chi connectivity index (χ0n) is 13.3. The maximum absolute atomic E-state index is 12.4. The number of anilines is 1. The largest absolute Gasteiger partial charge is 0.496 e. The number of carbonyl (C=O) groups excluding carboxylic acids is 1. The van der Waals surface area contributed by atoms with Crippen molar-refractivity contribution < 1.29 is 9.53 Å². The SMILES string of the molecule is COc1cc(NC(=O)c2cn3cc(CN)ccc3n2)ccc1CN. The molecule has 3 aromatic rings. The van der Waals surface area contributed by atoms with E-state index in [-0.39, 0.29) is 5.91 Å². The first-order valence-corrected chi connectivity index (χ1v) is 7.50. The van der Waals surface area contributed by atoms with Gasteiger partial charge in [0.2, 0.25) is 0 Å². The standard InChI is InChI=1S/C17H19N5O2/c1-24-15-6-13(4-3-12(15)8-19)20-17(23)14-10-22-9-11(7-18)2-5-16(22)21-14/h2-6,9-10H,7-8,18-19H2,1H3,(H,20,23). The molecular weight excluding hydrogens is 306 g/mol. The van der Waals surface area contributed by atoms with Crippen LogP contribution in [0.2, 0.25) is 0 Å². The van der Waals surface area contributed by atoms with Crippen molar-refractivity contribution in [1.29, 1.82) is 0 Å². The second-order valence-electron chi connectivity index (χ2n) is 5.32. The predicted molar refractivity (Wildman–Crippen MR) is 91.9 cm³/mol. The molecule has 2 aromatic heterocycles. The van der Waals surface area contributed by atoms with E-state index < -0.39 is 0 Å². The summed E-state index contributed by atoms with van der Waals surface area (Å²) >= 11 is 0. The number of amides is 1. The molecule has 1 aromatic carbocycles. The van der Waals surface area contributed by atoms with E-state index in [1.54, 1.807) is 29.8 Å². The molecule has 0 unspecified atom stereocenters. The van der Waals surface area contributed by atoms with Gasteiger partial charge in [0.25, 0.3) is 5.91 Å². The van der Waals surface area contributed by atoms with Gasteiger partial charge in [-0.25, -0.2) is 4.98 Å². The number of methoxy groups -OCH3 is 1. The van der Waals surface area contributed by atoms with Gasteiger partial charge >= 0.3 is 0 Å². The van der Waals surface area contributed by atoms with Crippen LogP contribution in [0.3, 0.4) is 0 Å². The van der Waals surface area contributed by atoms with Crippen molar-refractivity contribution in [3.05, 3.63) is 59.5 Å². The van der Waals surface area contributed by atoms with Crippen LogP contribution in [-0.2, 0) is 13.1 Å². The summed E-state index contributed by atoms with van der Waals surface area (Å²) in [5.74, 6) is 0.341. The number of pyridine rings is 1. The summed E-state index contributed by atoms with van der Waals surface area (Å²) in [4.78, 5) is 16.7. The summed E-state index contributed by atoms with van der Waals surface area (Å²) in [6, 6.07) is 9.07. The molecule has 0 spiro atoms. The van der Waals surface area contributed by atoms with Gasteiger partial charge in [-0.2, -0.15) is 0 Å². The van der Waals surface area contributed by atoms with Crippen molar-refractivity contribution in [3.63, 3.8) is 0 Å². The monoisotopic (exact) mass is 325 g/mol. The van der Waals surface area contributed by atoms with Gasteiger partial charge in [0.1, 0.15) is 17.1 Å². The maximum Gasteiger partial charge on any atom is 0.275 e. The molecule has 124 valence electrons. The van der Waals surface area contributed by atoms with E-state index in [0.29, 0.717) is 35.9 Å². The Hall–Kier alpha value is -2.90. The average molecular weight is 325 g/mol. The predicted octanol–water partition coefficient (Wildman–Crippen LogP) is 1.51. The number of carbonyl (C=O) groups is 1. The third-order valence-electron chi connectivity index (χ3n) is 3.75. The molecule has 7 nitrogen and oxygen atoms in total. The first-order valence-electron chi connectivity index (χ1n) is 7.50. The normalized spacial score (nSPS) is 10.8. The Bertz CT molecular complexity index is 888. The molecule has 0 saturated carbocycles. The lowest BCUT2D eigenvalue weighted by Gasteiger charge is -2.09. The van der Waals surface area contributed by atoms with Crippen LogP contribution in [0.4, 0.5) is 5.69 Å². The van der Waals surface area contributed by atoms with Gasteiger partial charge in [-0.1, -0.05) is 12.1 Å². The summed E-state index contributed by atoms with van der Waals surface area (Å²) < 4.78 is 7.06. The number of imidazole rings is 1. The Morgan fingerprint density at radius 2 is 2.04 bits per heavy atom. The Kier molecular flexibility index (Phi) is 4.45. The lowest BCUT2D eigenvalue weighted by Crippen LogP contribution is -2.12. The number of hydrogen-bond donors (Lipinski definition) is 3. The molecule has 7 heteroatoms. The van der Waals surface area contributed by atoms with Gasteiger partial charge < -0.3 is 25.9 Å². The highest BCUT2D eigenvalue weighted by atomic mass is 16.5. The average Bonchev–Trinajstić information content (AvgIpc) is 3.04. The zero-order chi connectivity index (χ0) is 17.1. The third-order valence-corrected chi connectivity index (χ3v) is 3.75. The summed E-state index contributed by atoms with van der Waals surface area (Å²) in [6.45, 7) is 0.802. The number of nitrogens with zero attached hydrogens (tertiary/aromatic N) is 2. The third kappa shape index (κ3) is 3.08. The fourth-order valence-corrected chi connectivity index (χ4v) is 2.45. The first-order chi connectivity index (χ1) is 11.6. The summed E-state index contributed by atoms with van der Waals surface area (Å²) in [7, 11) is 1.57. The van der Waals surface area contributed by atoms with E-state index in [0.717, 1.165) is 11.1 Å². The van der Waals surface area contributed by atoms with E-state index in [9.17, 15) is 4.79 Å². The minimum atomic E-state index is -0.296. The van der Waals surface area contributed by atoms with Crippen molar-refractivity contribution >= 4 is 17.2 Å². The van der Waals surface area contributed by atoms with E-state index in [1.165, 1.54) is 0 Å². The Morgan fingerprint density at radius 3 is 2.75 bits per heavy atom. The van der Waals surface area contributed by atoms with Gasteiger partial charge in [-0.3, -0.25) is 4.79 Å². The van der Waals surface area contributed by atoms with E-state index in [1.807, 2.05) is 24.4 Å². The number of ether oxygens (including phenoxy) is 1. The first kappa shape index (κ1) is 16.0. The molecular formula is C17H19N5O2. The molecule has 0 fully saturated rings. The van der Waals surface area contributed by atoms with Crippen LogP contribution in [0.5, 0.6) is 5.75 Å². The van der Waals surface area contributed by atoms with Gasteiger partial charge in [0, 0.05) is 42.8 Å². The van der Waals surface area contributed by atoms with Crippen molar-refractivity contribution in [2.24, 2.45) is 11.5 Å². The number of nitrogens with two attached hydrogens (primary N) is 2. The minimum absolute atomic E-state index is 0.296. The van der Waals surface area contributed by atoms with Gasteiger partial charge in [-0.15, -0.1) is 0 Å². The van der Waals surface area contributed by atoms with Crippen LogP contribution in [0.25, 0.3) is 5.65 Å². The highest BCUT2D eigenvalue weighted by Gasteiger charge is 2.12. The molecule has 5 N–H and O–H groups in total. The van der Waals surface area contributed by atoms with Crippen LogP contribution >= 0.6 is 0 Å². The molecule has 0 aliphatic rings. The van der Waals surface area contributed by atoms with E-state index in [4.69, 9.17) is 16.2 Å². The molecule has 24 heavy (non-hydrogen) atoms. The second-order valence-corrected chi connectivity index (χ2v) is 5.32. The van der Waals surface area contributed by atoms with Crippen molar-refractivity contribution in [2.75, 3.05) is 12.4 Å². The fourth-order valence-electron chi connectivity index (χ4n) is 2.45. The number of hydrogen-bond acceptors (Lipinski definition) is 5. The molecule has 0 radical (unpaired) electrons. The van der Waals surface area contributed by atoms with Gasteiger partial charge in [0.05, 0.1) is 7.11 Å². The number of benzene rings is 1. The molecule has 0 aliphatic heterocycles. The Balaban J connectivity index is 1.84. The lowest BCUT2D eigenvalue weighted by molar-refractivity contribution is 0.102. The van der Waals surface area contributed by atoms with Gasteiger partial charge in [0.15, 0.2) is 0 Å². The second kappa shape index (κ2) is 6.69. The molecule has 3 rings (SSSR count). The van der Waals surface area contributed by atoms with Crippen LogP contribution in [-0.4, -0.2) is 22.4 Å². The Labute approximate surface area is 139 Å². The number of aromatic nitrogens is 2. The molecule has 0 bridgehead atoms. The van der Waals surface area contributed by atoms with Crippen molar-refractivity contribution in [2.45, 2.75) is 13.1 Å². The maximum atomic E-state index is 12.4. The topological polar surface area (TPSA) is 108 Å². The smallest absolute Gasteiger partial charge is 0.275 e. The van der Waals surface area contributed by atoms with Crippen molar-refractivity contribution in [3.8, 4) is 5.75 Å². The molecule has 0 saturated heterocycles. The highest BCUT2D eigenvalue weighted by molar-refractivity contribution is 6.03. The summed E-state index contributed by atoms with van der Waals surface area (Å²) in [5.41, 5.74) is 14.7. The fraction of sp³-hybridized carbons (Fsp3) is 0.176. The molecule has 0 atom stereocenters. The quantitative estimate of drug-likeness (QED) is 0.659. The molecule has 0 aliphatic carbocycles. The number of fused-ring (bicyclic) bond motifs is 1. The number of rotatable bonds is 5. The van der Waals surface area contributed by atoms with Crippen molar-refractivity contribution in [1.82, 2.24) is 9.38 Å². The van der Waals surface area contributed by atoms with E-state index >= 15 is 0 Å². The summed E-state index contributed by atoms with van der Waals surface area (Å²) in [5, 5.41) is 2.81. The zero-order valence-corrected chi connectivity index (χ0v) is 13.3. The van der Waals surface area contributed by atoms with Crippen LogP contribution in [0.15, 0.2) is 42.7 Å². The number of nitrogens with one attached hydrogen (secondary N) is 1. The minimum Gasteiger partial charge on any atom is -0.496 e. The van der Waals surface area contributed by atoms with Crippen LogP contribution in [0.1, 0.15) is 21.6 Å². The van der Waals surface area contributed by atoms with Gasteiger partial charge in [-0.05, 0) is 17.7 Å². The van der Waals surface area contributed by atoms with Crippen LogP contribution in [0, 0.1) is 0 Å². The molecule has 1 amide bonds. The lowest BCUT2D eigenvalue weighted by atomic mass is 10.2. The Morgan fingerprint density at radius 1 is 1.21 bits per heavy atom. The summed E-state index contributed by atoms with van der Waals surface area (Å²) in [6.07, 6.45) is 3.54. The van der Waals surface area contributed by atoms with E-state index in [2.05, 4.69) is 10.3 Å².